The fourth-order valence-electron chi connectivity index (χ4n) is 15.8. The fourth-order valence-corrected chi connectivity index (χ4v) is 15.8. The topological polar surface area (TPSA) is 287 Å². The van der Waals surface area contributed by atoms with Crippen molar-refractivity contribution >= 4 is 0 Å². The average molecular weight is 943 g/mol. The summed E-state index contributed by atoms with van der Waals surface area (Å²) < 4.78 is 43.8. The molecule has 18 heteroatoms. The van der Waals surface area contributed by atoms with Crippen LogP contribution < -0.4 is 0 Å². The molecule has 9 aliphatic rings. The molecule has 2 bridgehead atoms. The molecule has 18 nitrogen and oxygen atoms in total. The third-order valence-corrected chi connectivity index (χ3v) is 19.9. The molecule has 4 saturated heterocycles. The van der Waals surface area contributed by atoms with Crippen molar-refractivity contribution in [2.45, 2.75) is 210 Å². The van der Waals surface area contributed by atoms with E-state index >= 15 is 0 Å². The van der Waals surface area contributed by atoms with Crippen LogP contribution in [0.5, 0.6) is 0 Å². The van der Waals surface area contributed by atoms with Crippen LogP contribution in [0.2, 0.25) is 0 Å². The van der Waals surface area contributed by atoms with Crippen molar-refractivity contribution in [3.8, 4) is 0 Å². The SMILES string of the molecule is CC1(C)CC[C@]23CO[C@@]4(C=C[C@@H]5[C@@]6(C)CC[C@H](O[C@@H]7O[C@H](CO)[C@H](O)[C@H](O)[C@H]7O[C@@H]7O[C@H](CO)[C@@H](O)[C@H](O)[C@H]7O[C@@H]7O[C@H](CO)[C@@H](O)[C@H](O)[C@H]7O)C(C)(C)[C@@H]6CC[C@@]5(C)[C@]4(C)C[C@H]2O)[C@@H]3C1. The van der Waals surface area contributed by atoms with E-state index in [0.717, 1.165) is 38.5 Å². The van der Waals surface area contributed by atoms with Gasteiger partial charge in [0.05, 0.1) is 44.2 Å². The van der Waals surface area contributed by atoms with Gasteiger partial charge >= 0.3 is 0 Å². The number of aliphatic hydroxyl groups is 11. The Bertz CT molecular complexity index is 1800. The Labute approximate surface area is 387 Å². The van der Waals surface area contributed by atoms with Crippen LogP contribution in [0.1, 0.15) is 99.8 Å². The molecule has 4 aliphatic heterocycles. The van der Waals surface area contributed by atoms with Crippen molar-refractivity contribution in [2.24, 2.45) is 50.2 Å². The summed E-state index contributed by atoms with van der Waals surface area (Å²) in [6.07, 6.45) is -14.3. The Kier molecular flexibility index (Phi) is 12.9. The molecule has 8 fully saturated rings. The zero-order valence-electron chi connectivity index (χ0n) is 39.5. The van der Waals surface area contributed by atoms with Crippen LogP contribution in [0, 0.1) is 50.2 Å². The van der Waals surface area contributed by atoms with Gasteiger partial charge < -0.3 is 89.3 Å². The van der Waals surface area contributed by atoms with E-state index < -0.39 is 135 Å². The highest BCUT2D eigenvalue weighted by Crippen LogP contribution is 2.79. The number of hydrogen-bond donors (Lipinski definition) is 11. The first-order valence-corrected chi connectivity index (χ1v) is 24.4. The molecular formula is C48H78O18. The van der Waals surface area contributed by atoms with Crippen LogP contribution >= 0.6 is 0 Å². The summed E-state index contributed by atoms with van der Waals surface area (Å²) in [5.74, 6) is 0.506. The van der Waals surface area contributed by atoms with Gasteiger partial charge in [0.1, 0.15) is 73.2 Å². The van der Waals surface area contributed by atoms with Crippen molar-refractivity contribution in [1.29, 1.82) is 0 Å². The quantitative estimate of drug-likeness (QED) is 0.104. The lowest BCUT2D eigenvalue weighted by molar-refractivity contribution is -0.398. The normalized spacial score (nSPS) is 57.3. The number of aliphatic hydroxyl groups excluding tert-OH is 11. The van der Waals surface area contributed by atoms with E-state index in [1.165, 1.54) is 0 Å². The first-order valence-electron chi connectivity index (χ1n) is 24.4. The molecule has 0 amide bonds. The maximum absolute atomic E-state index is 12.2. The third kappa shape index (κ3) is 7.08. The number of hydrogen-bond acceptors (Lipinski definition) is 18. The molecule has 378 valence electrons. The number of ether oxygens (including phenoxy) is 7. The van der Waals surface area contributed by atoms with Crippen molar-refractivity contribution in [1.82, 2.24) is 0 Å². The fraction of sp³-hybridized carbons (Fsp3) is 0.958. The highest BCUT2D eigenvalue weighted by molar-refractivity contribution is 5.36. The van der Waals surface area contributed by atoms with Gasteiger partial charge in [0, 0.05) is 16.7 Å². The molecule has 9 rings (SSSR count). The van der Waals surface area contributed by atoms with Gasteiger partial charge in [0.2, 0.25) is 0 Å². The Morgan fingerprint density at radius 1 is 0.561 bits per heavy atom. The standard InChI is InChI=1S/C48H78O18/c1-42(2)14-15-47-21-60-48(27(47)16-42)13-9-26-44(5)11-10-29(43(3,4)25(44)8-12-45(26,6)46(48,7)17-28(47)52)64-40-37(34(57)31(54)23(19-50)62-40)66-41-38(35(58)32(55)24(20-51)63-41)65-39-36(59)33(56)30(53)22(18-49)61-39/h9,13,22-41,49-59H,8,10-12,14-21H2,1-7H3/t22-,23-,24-,25+,26-,27-,28-,29+,30-,31+,32-,33+,34+,35+,36-,37-,38-,39+,40+,41+,44+,45-,46+,47-,48+/m1/s1. The van der Waals surface area contributed by atoms with Gasteiger partial charge in [0.15, 0.2) is 18.9 Å². The van der Waals surface area contributed by atoms with Crippen LogP contribution in [0.15, 0.2) is 12.2 Å². The van der Waals surface area contributed by atoms with Gasteiger partial charge in [-0.25, -0.2) is 0 Å². The van der Waals surface area contributed by atoms with Crippen LogP contribution in [-0.4, -0.2) is 193 Å². The molecule has 1 spiro atoms. The Hall–Kier alpha value is -0.980. The second-order valence-corrected chi connectivity index (χ2v) is 23.9. The molecule has 0 aromatic heterocycles. The molecule has 5 aliphatic carbocycles. The van der Waals surface area contributed by atoms with E-state index in [-0.39, 0.29) is 44.8 Å². The lowest BCUT2D eigenvalue weighted by atomic mass is 9.32. The van der Waals surface area contributed by atoms with E-state index in [1.54, 1.807) is 0 Å². The van der Waals surface area contributed by atoms with Gasteiger partial charge in [-0.05, 0) is 84.9 Å². The average Bonchev–Trinajstić information content (AvgIpc) is 3.54. The first-order chi connectivity index (χ1) is 30.9. The minimum absolute atomic E-state index is 0.127. The van der Waals surface area contributed by atoms with E-state index in [9.17, 15) is 56.2 Å². The minimum Gasteiger partial charge on any atom is -0.394 e. The lowest BCUT2D eigenvalue weighted by Crippen LogP contribution is -2.72. The highest BCUT2D eigenvalue weighted by atomic mass is 16.8. The van der Waals surface area contributed by atoms with Crippen molar-refractivity contribution in [3.63, 3.8) is 0 Å². The van der Waals surface area contributed by atoms with E-state index in [0.29, 0.717) is 19.4 Å². The summed E-state index contributed by atoms with van der Waals surface area (Å²) >= 11 is 0. The summed E-state index contributed by atoms with van der Waals surface area (Å²) in [6, 6.07) is 0. The van der Waals surface area contributed by atoms with Gasteiger partial charge in [0.25, 0.3) is 0 Å². The second kappa shape index (κ2) is 17.1. The van der Waals surface area contributed by atoms with Crippen LogP contribution in [0.4, 0.5) is 0 Å². The maximum atomic E-state index is 12.2. The summed E-state index contributed by atoms with van der Waals surface area (Å²) in [7, 11) is 0. The smallest absolute Gasteiger partial charge is 0.187 e. The predicted octanol–water partition coefficient (Wildman–Crippen LogP) is -0.399. The molecule has 0 unspecified atom stereocenters. The Balaban J connectivity index is 0.984. The van der Waals surface area contributed by atoms with Crippen LogP contribution in [0.25, 0.3) is 0 Å². The Morgan fingerprint density at radius 2 is 1.11 bits per heavy atom. The monoisotopic (exact) mass is 943 g/mol. The minimum atomic E-state index is -1.91. The largest absolute Gasteiger partial charge is 0.394 e. The zero-order chi connectivity index (χ0) is 47.9. The number of allylic oxidation sites excluding steroid dienone is 1. The van der Waals surface area contributed by atoms with Crippen molar-refractivity contribution in [2.75, 3.05) is 26.4 Å². The molecule has 4 heterocycles. The summed E-state index contributed by atoms with van der Waals surface area (Å²) in [6.45, 7) is 14.6. The molecule has 0 aromatic rings. The Morgan fingerprint density at radius 3 is 1.70 bits per heavy atom. The molecule has 4 saturated carbocycles. The van der Waals surface area contributed by atoms with E-state index in [4.69, 9.17) is 33.2 Å². The zero-order valence-corrected chi connectivity index (χ0v) is 39.5. The molecular weight excluding hydrogens is 865 g/mol. The van der Waals surface area contributed by atoms with Gasteiger partial charge in [-0.2, -0.15) is 0 Å². The lowest BCUT2D eigenvalue weighted by Gasteiger charge is -2.73. The number of rotatable bonds is 9. The molecule has 11 N–H and O–H groups in total. The van der Waals surface area contributed by atoms with Crippen LogP contribution in [-0.2, 0) is 33.2 Å². The van der Waals surface area contributed by atoms with E-state index in [2.05, 4.69) is 60.6 Å². The summed E-state index contributed by atoms with van der Waals surface area (Å²) in [5, 5.41) is 119. The predicted molar refractivity (Wildman–Crippen MR) is 229 cm³/mol. The molecule has 25 atom stereocenters. The molecule has 0 radical (unpaired) electrons. The summed E-state index contributed by atoms with van der Waals surface area (Å²) in [5.41, 5.74) is -1.79. The first kappa shape index (κ1) is 50.0. The van der Waals surface area contributed by atoms with Gasteiger partial charge in [-0.15, -0.1) is 0 Å². The number of fused-ring (bicyclic) bond motifs is 4. The van der Waals surface area contributed by atoms with E-state index in [1.807, 2.05) is 0 Å². The third-order valence-electron chi connectivity index (χ3n) is 19.9. The second-order valence-electron chi connectivity index (χ2n) is 23.9. The van der Waals surface area contributed by atoms with Gasteiger partial charge in [-0.1, -0.05) is 60.6 Å². The maximum Gasteiger partial charge on any atom is 0.187 e. The van der Waals surface area contributed by atoms with Crippen LogP contribution in [0.3, 0.4) is 0 Å². The van der Waals surface area contributed by atoms with Crippen molar-refractivity contribution in [3.05, 3.63) is 12.2 Å². The molecule has 66 heavy (non-hydrogen) atoms. The van der Waals surface area contributed by atoms with Crippen molar-refractivity contribution < 1.29 is 89.3 Å². The van der Waals surface area contributed by atoms with Gasteiger partial charge in [-0.3, -0.25) is 0 Å². The molecule has 0 aromatic carbocycles. The summed E-state index contributed by atoms with van der Waals surface area (Å²) in [4.78, 5) is 0. The highest BCUT2D eigenvalue weighted by Gasteiger charge is 2.79.